The molecule has 18 heavy (non-hydrogen) atoms. The van der Waals surface area contributed by atoms with Gasteiger partial charge in [0.2, 0.25) is 0 Å². The Labute approximate surface area is 104 Å². The molecule has 4 nitrogen and oxygen atoms in total. The normalized spacial score (nSPS) is 10.9. The highest BCUT2D eigenvalue weighted by atomic mass is 16.3. The maximum Gasteiger partial charge on any atom is 0.157 e. The van der Waals surface area contributed by atoms with Crippen LogP contribution in [0, 0.1) is 11.3 Å². The molecule has 4 heteroatoms. The van der Waals surface area contributed by atoms with Crippen molar-refractivity contribution >= 4 is 11.6 Å². The van der Waals surface area contributed by atoms with E-state index in [1.807, 2.05) is 0 Å². The third-order valence-electron chi connectivity index (χ3n) is 2.37. The molecule has 88 valence electrons. The van der Waals surface area contributed by atoms with Gasteiger partial charge in [-0.25, -0.2) is 0 Å². The highest BCUT2D eigenvalue weighted by molar-refractivity contribution is 5.88. The van der Waals surface area contributed by atoms with Gasteiger partial charge in [0.05, 0.1) is 11.3 Å². The molecule has 0 unspecified atom stereocenters. The third-order valence-corrected chi connectivity index (χ3v) is 2.37. The van der Waals surface area contributed by atoms with Gasteiger partial charge in [0, 0.05) is 6.20 Å². The quantitative estimate of drug-likeness (QED) is 0.622. The Morgan fingerprint density at radius 3 is 2.61 bits per heavy atom. The summed E-state index contributed by atoms with van der Waals surface area (Å²) in [6, 6.07) is 11.7. The van der Waals surface area contributed by atoms with E-state index in [9.17, 15) is 10.2 Å². The summed E-state index contributed by atoms with van der Waals surface area (Å²) < 4.78 is 0. The number of phenols is 2. The van der Waals surface area contributed by atoms with Crippen LogP contribution in [0.3, 0.4) is 0 Å². The largest absolute Gasteiger partial charge is 0.504 e. The van der Waals surface area contributed by atoms with Crippen LogP contribution < -0.4 is 0 Å². The number of aromatic hydroxyl groups is 2. The number of allylic oxidation sites excluding steroid dienone is 1. The SMILES string of the molecule is N#CC(=Cc1ccc(O)c(O)c1)c1ccccn1. The lowest BCUT2D eigenvalue weighted by Crippen LogP contribution is -1.85. The first-order valence-corrected chi connectivity index (χ1v) is 5.26. The van der Waals surface area contributed by atoms with Crippen molar-refractivity contribution in [2.24, 2.45) is 0 Å². The second-order valence-corrected chi connectivity index (χ2v) is 3.63. The topological polar surface area (TPSA) is 77.1 Å². The molecule has 0 atom stereocenters. The molecule has 0 saturated heterocycles. The Morgan fingerprint density at radius 1 is 1.17 bits per heavy atom. The van der Waals surface area contributed by atoms with Gasteiger partial charge in [-0.3, -0.25) is 4.98 Å². The van der Waals surface area contributed by atoms with Crippen molar-refractivity contribution in [3.8, 4) is 17.6 Å². The lowest BCUT2D eigenvalue weighted by atomic mass is 10.1. The van der Waals surface area contributed by atoms with E-state index in [2.05, 4.69) is 11.1 Å². The van der Waals surface area contributed by atoms with Crippen LogP contribution in [0.4, 0.5) is 0 Å². The van der Waals surface area contributed by atoms with E-state index in [0.717, 1.165) is 0 Å². The van der Waals surface area contributed by atoms with Crippen LogP contribution in [0.15, 0.2) is 42.6 Å². The average Bonchev–Trinajstić information content (AvgIpc) is 2.41. The maximum absolute atomic E-state index is 9.38. The number of nitrogens with zero attached hydrogens (tertiary/aromatic N) is 2. The average molecular weight is 238 g/mol. The molecule has 2 rings (SSSR count). The molecule has 0 bridgehead atoms. The van der Waals surface area contributed by atoms with Crippen molar-refractivity contribution < 1.29 is 10.2 Å². The number of nitriles is 1. The molecule has 0 aliphatic carbocycles. The van der Waals surface area contributed by atoms with E-state index in [-0.39, 0.29) is 11.5 Å². The van der Waals surface area contributed by atoms with Gasteiger partial charge in [-0.05, 0) is 35.9 Å². The molecule has 2 aromatic rings. The zero-order chi connectivity index (χ0) is 13.0. The van der Waals surface area contributed by atoms with Crippen molar-refractivity contribution in [3.63, 3.8) is 0 Å². The molecule has 0 aliphatic rings. The molecule has 1 aromatic carbocycles. The molecule has 0 aliphatic heterocycles. The van der Waals surface area contributed by atoms with E-state index < -0.39 is 0 Å². The van der Waals surface area contributed by atoms with E-state index >= 15 is 0 Å². The minimum absolute atomic E-state index is 0.191. The first-order valence-electron chi connectivity index (χ1n) is 5.26. The molecular weight excluding hydrogens is 228 g/mol. The fourth-order valence-corrected chi connectivity index (χ4v) is 1.48. The van der Waals surface area contributed by atoms with Crippen molar-refractivity contribution in [2.45, 2.75) is 0 Å². The van der Waals surface area contributed by atoms with Gasteiger partial charge in [0.25, 0.3) is 0 Å². The highest BCUT2D eigenvalue weighted by Crippen LogP contribution is 2.26. The minimum Gasteiger partial charge on any atom is -0.504 e. The van der Waals surface area contributed by atoms with E-state index in [1.165, 1.54) is 12.1 Å². The molecule has 2 N–H and O–H groups in total. The van der Waals surface area contributed by atoms with Crippen LogP contribution in [0.5, 0.6) is 11.5 Å². The Morgan fingerprint density at radius 2 is 2.00 bits per heavy atom. The summed E-state index contributed by atoms with van der Waals surface area (Å²) in [5, 5.41) is 27.7. The van der Waals surface area contributed by atoms with E-state index in [0.29, 0.717) is 16.8 Å². The zero-order valence-electron chi connectivity index (χ0n) is 9.41. The summed E-state index contributed by atoms with van der Waals surface area (Å²) in [6.45, 7) is 0. The van der Waals surface area contributed by atoms with Gasteiger partial charge in [0.15, 0.2) is 11.5 Å². The summed E-state index contributed by atoms with van der Waals surface area (Å²) in [5.41, 5.74) is 1.57. The molecule has 1 heterocycles. The summed E-state index contributed by atoms with van der Waals surface area (Å²) in [5.74, 6) is -0.412. The van der Waals surface area contributed by atoms with Crippen LogP contribution in [0.25, 0.3) is 11.6 Å². The minimum atomic E-state index is -0.220. The monoisotopic (exact) mass is 238 g/mol. The number of hydrogen-bond donors (Lipinski definition) is 2. The first kappa shape index (κ1) is 11.7. The number of rotatable bonds is 2. The second-order valence-electron chi connectivity index (χ2n) is 3.63. The van der Waals surface area contributed by atoms with Crippen molar-refractivity contribution in [1.82, 2.24) is 4.98 Å². The Hall–Kier alpha value is -2.80. The summed E-state index contributed by atoms with van der Waals surface area (Å²) in [6.07, 6.45) is 3.20. The number of pyridine rings is 1. The van der Waals surface area contributed by atoms with Gasteiger partial charge < -0.3 is 10.2 Å². The van der Waals surface area contributed by atoms with Gasteiger partial charge in [-0.1, -0.05) is 12.1 Å². The Balaban J connectivity index is 2.42. The van der Waals surface area contributed by atoms with Crippen LogP contribution in [0.2, 0.25) is 0 Å². The second kappa shape index (κ2) is 5.02. The van der Waals surface area contributed by atoms with Gasteiger partial charge >= 0.3 is 0 Å². The Bertz CT molecular complexity index is 628. The van der Waals surface area contributed by atoms with Crippen molar-refractivity contribution in [3.05, 3.63) is 53.9 Å². The number of benzene rings is 1. The lowest BCUT2D eigenvalue weighted by Gasteiger charge is -2.00. The highest BCUT2D eigenvalue weighted by Gasteiger charge is 2.03. The van der Waals surface area contributed by atoms with Crippen LogP contribution in [-0.4, -0.2) is 15.2 Å². The lowest BCUT2D eigenvalue weighted by molar-refractivity contribution is 0.403. The predicted molar refractivity (Wildman–Crippen MR) is 67.5 cm³/mol. The zero-order valence-corrected chi connectivity index (χ0v) is 9.41. The van der Waals surface area contributed by atoms with Crippen molar-refractivity contribution in [2.75, 3.05) is 0 Å². The fourth-order valence-electron chi connectivity index (χ4n) is 1.48. The molecule has 0 saturated carbocycles. The predicted octanol–water partition coefficient (Wildman–Crippen LogP) is 2.56. The van der Waals surface area contributed by atoms with Crippen LogP contribution in [-0.2, 0) is 0 Å². The van der Waals surface area contributed by atoms with Crippen LogP contribution >= 0.6 is 0 Å². The molecule has 0 radical (unpaired) electrons. The fraction of sp³-hybridized carbons (Fsp3) is 0. The van der Waals surface area contributed by atoms with Gasteiger partial charge in [-0.2, -0.15) is 5.26 Å². The van der Waals surface area contributed by atoms with E-state index in [4.69, 9.17) is 5.26 Å². The summed E-state index contributed by atoms with van der Waals surface area (Å²) in [7, 11) is 0. The Kier molecular flexibility index (Phi) is 3.26. The smallest absolute Gasteiger partial charge is 0.157 e. The third kappa shape index (κ3) is 2.47. The number of aromatic nitrogens is 1. The molecular formula is C14H10N2O2. The van der Waals surface area contributed by atoms with Crippen molar-refractivity contribution in [1.29, 1.82) is 5.26 Å². The number of hydrogen-bond acceptors (Lipinski definition) is 4. The van der Waals surface area contributed by atoms with Crippen LogP contribution in [0.1, 0.15) is 11.3 Å². The van der Waals surface area contributed by atoms with Gasteiger partial charge in [-0.15, -0.1) is 0 Å². The first-order chi connectivity index (χ1) is 8.70. The summed E-state index contributed by atoms with van der Waals surface area (Å²) in [4.78, 5) is 4.08. The van der Waals surface area contributed by atoms with Gasteiger partial charge in [0.1, 0.15) is 6.07 Å². The standard InChI is InChI=1S/C14H10N2O2/c15-9-11(12-3-1-2-6-16-12)7-10-4-5-13(17)14(18)8-10/h1-8,17-18H. The summed E-state index contributed by atoms with van der Waals surface area (Å²) >= 11 is 0. The molecule has 0 amide bonds. The molecule has 0 fully saturated rings. The van der Waals surface area contributed by atoms with E-state index in [1.54, 1.807) is 36.5 Å². The molecule has 0 spiro atoms. The maximum atomic E-state index is 9.38. The number of phenolic OH excluding ortho intramolecular Hbond substituents is 2. The molecule has 1 aromatic heterocycles.